The molecule has 0 heterocycles. The number of esters is 1. The molecule has 0 unspecified atom stereocenters. The summed E-state index contributed by atoms with van der Waals surface area (Å²) in [4.78, 5) is 24.2. The van der Waals surface area contributed by atoms with E-state index in [-0.39, 0.29) is 18.8 Å². The van der Waals surface area contributed by atoms with Crippen LogP contribution in [0.5, 0.6) is 0 Å². The van der Waals surface area contributed by atoms with Gasteiger partial charge in [0.05, 0.1) is 6.61 Å². The molecule has 0 radical (unpaired) electrons. The van der Waals surface area contributed by atoms with Crippen molar-refractivity contribution in [1.29, 1.82) is 0 Å². The quantitative estimate of drug-likeness (QED) is 0.328. The van der Waals surface area contributed by atoms with Gasteiger partial charge >= 0.3 is 5.97 Å². The number of hydrogen-bond acceptors (Lipinski definition) is 5. The maximum Gasteiger partial charge on any atom is 0.313 e. The Morgan fingerprint density at radius 1 is 1.25 bits per heavy atom. The summed E-state index contributed by atoms with van der Waals surface area (Å²) in [6.45, 7) is 3.46. The maximum atomic E-state index is 11.2. The van der Waals surface area contributed by atoms with Crippen LogP contribution in [0.3, 0.4) is 0 Å². The van der Waals surface area contributed by atoms with Gasteiger partial charge in [-0.3, -0.25) is 9.59 Å². The van der Waals surface area contributed by atoms with Crippen LogP contribution in [0.2, 0.25) is 0 Å². The fourth-order valence-corrected chi connectivity index (χ4v) is 1.09. The molecule has 0 N–H and O–H groups in total. The van der Waals surface area contributed by atoms with Crippen LogP contribution in [-0.2, 0) is 19.1 Å². The van der Waals surface area contributed by atoms with Gasteiger partial charge in [0.15, 0.2) is 5.78 Å². The van der Waals surface area contributed by atoms with Crippen molar-refractivity contribution in [2.24, 2.45) is 0 Å². The highest BCUT2D eigenvalue weighted by atomic mass is 16.5. The number of Topliss-reactive ketones (excluding diaryl/α,β-unsaturated/α-hetero) is 1. The molecule has 0 aromatic rings. The average Bonchev–Trinajstić information content (AvgIpc) is 2.16. The molecule has 0 aromatic carbocycles. The summed E-state index contributed by atoms with van der Waals surface area (Å²) in [6, 6.07) is 0. The lowest BCUT2D eigenvalue weighted by molar-refractivity contribution is -0.146. The van der Waals surface area contributed by atoms with Gasteiger partial charge in [0, 0.05) is 6.61 Å². The predicted molar refractivity (Wildman–Crippen MR) is 60.2 cm³/mol. The number of carbonyl (C=O) groups excluding carboxylic acids is 2. The molecule has 5 heteroatoms. The van der Waals surface area contributed by atoms with Crippen molar-refractivity contribution in [2.45, 2.75) is 19.8 Å². The predicted octanol–water partition coefficient (Wildman–Crippen LogP) is 0.477. The second-order valence-corrected chi connectivity index (χ2v) is 3.73. The molecular formula is C11H21NO4. The fraction of sp³-hybridized carbons (Fsp3) is 0.818. The molecule has 0 aliphatic heterocycles. The summed E-state index contributed by atoms with van der Waals surface area (Å²) in [5.41, 5.74) is 0. The van der Waals surface area contributed by atoms with E-state index in [1.807, 2.05) is 19.0 Å². The van der Waals surface area contributed by atoms with Gasteiger partial charge in [0.2, 0.25) is 0 Å². The van der Waals surface area contributed by atoms with E-state index in [4.69, 9.17) is 4.74 Å². The highest BCUT2D eigenvalue weighted by molar-refractivity contribution is 5.96. The van der Waals surface area contributed by atoms with E-state index < -0.39 is 5.97 Å². The van der Waals surface area contributed by atoms with E-state index in [1.165, 1.54) is 0 Å². The Hall–Kier alpha value is -0.940. The van der Waals surface area contributed by atoms with Crippen molar-refractivity contribution >= 4 is 11.8 Å². The standard InChI is InChI=1S/C11H21NO4/c1-4-16-11(14)8-10(13)9-15-7-5-6-12(2)3/h4-9H2,1-3H3. The molecule has 0 aliphatic rings. The third-order valence-electron chi connectivity index (χ3n) is 1.80. The van der Waals surface area contributed by atoms with Gasteiger partial charge in [-0.15, -0.1) is 0 Å². The largest absolute Gasteiger partial charge is 0.466 e. The molecule has 0 spiro atoms. The minimum absolute atomic E-state index is 0.00770. The first-order chi connectivity index (χ1) is 7.56. The molecule has 0 saturated heterocycles. The zero-order chi connectivity index (χ0) is 12.4. The molecular weight excluding hydrogens is 210 g/mol. The molecule has 94 valence electrons. The minimum Gasteiger partial charge on any atom is -0.466 e. The number of hydrogen-bond donors (Lipinski definition) is 0. The Kier molecular flexibility index (Phi) is 8.75. The minimum atomic E-state index is -0.482. The summed E-state index contributed by atoms with van der Waals surface area (Å²) in [5.74, 6) is -0.715. The lowest BCUT2D eigenvalue weighted by Crippen LogP contribution is -2.18. The number of carbonyl (C=O) groups is 2. The van der Waals surface area contributed by atoms with E-state index in [9.17, 15) is 9.59 Å². The molecule has 0 aromatic heterocycles. The van der Waals surface area contributed by atoms with Crippen LogP contribution in [0.25, 0.3) is 0 Å². The number of ketones is 1. The fourth-order valence-electron chi connectivity index (χ4n) is 1.09. The van der Waals surface area contributed by atoms with Crippen molar-refractivity contribution in [3.8, 4) is 0 Å². The van der Waals surface area contributed by atoms with Crippen LogP contribution in [0.1, 0.15) is 19.8 Å². The van der Waals surface area contributed by atoms with E-state index in [2.05, 4.69) is 4.74 Å². The van der Waals surface area contributed by atoms with Crippen LogP contribution in [0.4, 0.5) is 0 Å². The van der Waals surface area contributed by atoms with Crippen molar-refractivity contribution in [3.63, 3.8) is 0 Å². The Morgan fingerprint density at radius 2 is 1.94 bits per heavy atom. The third-order valence-corrected chi connectivity index (χ3v) is 1.80. The average molecular weight is 231 g/mol. The summed E-state index contributed by atoms with van der Waals surface area (Å²) < 4.78 is 9.79. The molecule has 0 aliphatic carbocycles. The summed E-state index contributed by atoms with van der Waals surface area (Å²) in [7, 11) is 3.96. The second kappa shape index (κ2) is 9.30. The smallest absolute Gasteiger partial charge is 0.313 e. The Bertz CT molecular complexity index is 216. The first-order valence-electron chi connectivity index (χ1n) is 5.46. The van der Waals surface area contributed by atoms with Gasteiger partial charge in [-0.25, -0.2) is 0 Å². The highest BCUT2D eigenvalue weighted by Gasteiger charge is 2.09. The zero-order valence-electron chi connectivity index (χ0n) is 10.3. The highest BCUT2D eigenvalue weighted by Crippen LogP contribution is 1.91. The van der Waals surface area contributed by atoms with E-state index in [0.717, 1.165) is 13.0 Å². The molecule has 0 rings (SSSR count). The first kappa shape index (κ1) is 15.1. The molecule has 0 bridgehead atoms. The van der Waals surface area contributed by atoms with Gasteiger partial charge in [-0.1, -0.05) is 0 Å². The maximum absolute atomic E-state index is 11.2. The number of nitrogens with zero attached hydrogens (tertiary/aromatic N) is 1. The molecule has 5 nitrogen and oxygen atoms in total. The molecule has 0 fully saturated rings. The number of ether oxygens (including phenoxy) is 2. The topological polar surface area (TPSA) is 55.8 Å². The van der Waals surface area contributed by atoms with Gasteiger partial charge in [0.25, 0.3) is 0 Å². The summed E-state index contributed by atoms with van der Waals surface area (Å²) in [6.07, 6.45) is 0.682. The Morgan fingerprint density at radius 3 is 2.50 bits per heavy atom. The molecule has 0 saturated carbocycles. The number of rotatable bonds is 9. The van der Waals surface area contributed by atoms with E-state index in [1.54, 1.807) is 6.92 Å². The van der Waals surface area contributed by atoms with E-state index in [0.29, 0.717) is 13.2 Å². The van der Waals surface area contributed by atoms with Crippen molar-refractivity contribution in [2.75, 3.05) is 40.5 Å². The molecule has 0 atom stereocenters. The molecule has 16 heavy (non-hydrogen) atoms. The van der Waals surface area contributed by atoms with Gasteiger partial charge < -0.3 is 14.4 Å². The van der Waals surface area contributed by atoms with Crippen molar-refractivity contribution in [3.05, 3.63) is 0 Å². The van der Waals surface area contributed by atoms with Crippen LogP contribution in [0.15, 0.2) is 0 Å². The van der Waals surface area contributed by atoms with Gasteiger partial charge in [-0.05, 0) is 34.0 Å². The first-order valence-corrected chi connectivity index (χ1v) is 5.46. The summed E-state index contributed by atoms with van der Waals surface area (Å²) >= 11 is 0. The second-order valence-electron chi connectivity index (χ2n) is 3.73. The normalized spacial score (nSPS) is 10.5. The van der Waals surface area contributed by atoms with Crippen molar-refractivity contribution in [1.82, 2.24) is 4.90 Å². The van der Waals surface area contributed by atoms with Crippen LogP contribution >= 0.6 is 0 Å². The monoisotopic (exact) mass is 231 g/mol. The van der Waals surface area contributed by atoms with Crippen LogP contribution < -0.4 is 0 Å². The van der Waals surface area contributed by atoms with Crippen LogP contribution in [-0.4, -0.2) is 57.1 Å². The Labute approximate surface area is 96.7 Å². The van der Waals surface area contributed by atoms with E-state index >= 15 is 0 Å². The molecule has 0 amide bonds. The third kappa shape index (κ3) is 9.61. The van der Waals surface area contributed by atoms with Gasteiger partial charge in [-0.2, -0.15) is 0 Å². The summed E-state index contributed by atoms with van der Waals surface area (Å²) in [5, 5.41) is 0. The zero-order valence-corrected chi connectivity index (χ0v) is 10.3. The van der Waals surface area contributed by atoms with Gasteiger partial charge in [0.1, 0.15) is 13.0 Å². The van der Waals surface area contributed by atoms with Crippen molar-refractivity contribution < 1.29 is 19.1 Å². The lowest BCUT2D eigenvalue weighted by Gasteiger charge is -2.08. The van der Waals surface area contributed by atoms with Crippen LogP contribution in [0, 0.1) is 0 Å². The SMILES string of the molecule is CCOC(=O)CC(=O)COCCCN(C)C. The Balaban J connectivity index is 3.40. The lowest BCUT2D eigenvalue weighted by atomic mass is 10.3.